The topological polar surface area (TPSA) is 109 Å². The van der Waals surface area contributed by atoms with Crippen LogP contribution in [0.1, 0.15) is 27.7 Å². The molecule has 208 valence electrons. The molecule has 0 bridgehead atoms. The number of hydrogen-bond acceptors (Lipinski definition) is 10. The van der Waals surface area contributed by atoms with Crippen LogP contribution < -0.4 is 9.47 Å². The van der Waals surface area contributed by atoms with Crippen LogP contribution in [0.5, 0.6) is 0 Å². The molecular weight excluding hydrogens is 496 g/mol. The van der Waals surface area contributed by atoms with E-state index in [0.717, 1.165) is 16.5 Å². The molecule has 0 radical (unpaired) electrons. The van der Waals surface area contributed by atoms with Crippen molar-refractivity contribution in [3.63, 3.8) is 0 Å². The van der Waals surface area contributed by atoms with E-state index in [1.54, 1.807) is 13.8 Å². The lowest BCUT2D eigenvalue weighted by Gasteiger charge is -2.25. The number of ether oxygens (including phenoxy) is 4. The molecule has 11 heteroatoms. The number of aromatic nitrogens is 1. The predicted octanol–water partition coefficient (Wildman–Crippen LogP) is 3.40. The van der Waals surface area contributed by atoms with Gasteiger partial charge in [0, 0.05) is 24.2 Å². The fourth-order valence-corrected chi connectivity index (χ4v) is 3.86. The van der Waals surface area contributed by atoms with Crippen LogP contribution in [0.3, 0.4) is 0 Å². The summed E-state index contributed by atoms with van der Waals surface area (Å²) < 4.78 is 24.7. The number of anilines is 1. The number of hydrogen-bond donors (Lipinski definition) is 2. The van der Waals surface area contributed by atoms with Crippen LogP contribution in [0.2, 0.25) is 0 Å². The van der Waals surface area contributed by atoms with Crippen LogP contribution in [-0.2, 0) is 26.0 Å². The van der Waals surface area contributed by atoms with Gasteiger partial charge in [-0.3, -0.25) is 0 Å². The van der Waals surface area contributed by atoms with Gasteiger partial charge < -0.3 is 34.1 Å². The molecule has 4 unspecified atom stereocenters. The van der Waals surface area contributed by atoms with Crippen LogP contribution in [0.15, 0.2) is 46.1 Å². The monoisotopic (exact) mass is 539 g/mol. The first-order valence-corrected chi connectivity index (χ1v) is 13.6. The highest BCUT2D eigenvalue weighted by atomic mass is 32.1. The molecule has 0 aliphatic carbocycles. The van der Waals surface area contributed by atoms with E-state index >= 15 is 0 Å². The normalized spacial score (nSPS) is 15.1. The molecule has 10 nitrogen and oxygen atoms in total. The highest BCUT2D eigenvalue weighted by Crippen LogP contribution is 2.22. The zero-order chi connectivity index (χ0) is 27.0. The third kappa shape index (κ3) is 13.4. The number of azo groups is 1. The summed E-state index contributed by atoms with van der Waals surface area (Å²) in [7, 11) is 1.94. The van der Waals surface area contributed by atoms with E-state index in [2.05, 4.69) is 15.1 Å². The Balaban J connectivity index is 1.89. The summed E-state index contributed by atoms with van der Waals surface area (Å²) in [5.41, 5.74) is 1.81. The van der Waals surface area contributed by atoms with Crippen LogP contribution in [0.4, 0.5) is 16.5 Å². The fraction of sp³-hybridized carbons (Fsp3) is 0.654. The number of benzene rings is 1. The lowest BCUT2D eigenvalue weighted by molar-refractivity contribution is -0.654. The molecule has 2 rings (SSSR count). The summed E-state index contributed by atoms with van der Waals surface area (Å²) in [5.74, 6) is 0. The molecule has 2 aromatic rings. The summed E-state index contributed by atoms with van der Waals surface area (Å²) in [6.07, 6.45) is 0.778. The predicted molar refractivity (Wildman–Crippen MR) is 144 cm³/mol. The number of aliphatic hydroxyl groups is 2. The zero-order valence-electron chi connectivity index (χ0n) is 22.7. The zero-order valence-corrected chi connectivity index (χ0v) is 23.5. The largest absolute Gasteiger partial charge is 0.408 e. The summed E-state index contributed by atoms with van der Waals surface area (Å²) in [5, 5.41) is 30.2. The average Bonchev–Trinajstić information content (AvgIpc) is 3.28. The van der Waals surface area contributed by atoms with Crippen LogP contribution in [0.25, 0.3) is 0 Å². The van der Waals surface area contributed by atoms with Gasteiger partial charge in [0.05, 0.1) is 76.2 Å². The molecule has 1 aromatic carbocycles. The van der Waals surface area contributed by atoms with Crippen molar-refractivity contribution < 1.29 is 33.7 Å². The first kappa shape index (κ1) is 31.2. The summed E-state index contributed by atoms with van der Waals surface area (Å²) in [6.45, 7) is 11.1. The third-order valence-corrected chi connectivity index (χ3v) is 6.02. The Morgan fingerprint density at radius 2 is 1.38 bits per heavy atom. The highest BCUT2D eigenvalue weighted by molar-refractivity contribution is 7.12. The van der Waals surface area contributed by atoms with Gasteiger partial charge >= 0.3 is 5.13 Å². The van der Waals surface area contributed by atoms with Gasteiger partial charge in [-0.25, -0.2) is 4.57 Å². The van der Waals surface area contributed by atoms with Crippen molar-refractivity contribution in [2.45, 2.75) is 52.1 Å². The van der Waals surface area contributed by atoms with Crippen LogP contribution >= 0.6 is 11.3 Å². The summed E-state index contributed by atoms with van der Waals surface area (Å²) in [6, 6.07) is 7.93. The van der Waals surface area contributed by atoms with Crippen molar-refractivity contribution in [1.82, 2.24) is 0 Å². The first-order valence-electron chi connectivity index (χ1n) is 12.7. The Morgan fingerprint density at radius 1 is 0.838 bits per heavy atom. The van der Waals surface area contributed by atoms with E-state index in [1.807, 2.05) is 61.3 Å². The maximum atomic E-state index is 9.36. The van der Waals surface area contributed by atoms with E-state index in [4.69, 9.17) is 18.9 Å². The molecule has 0 saturated heterocycles. The molecule has 0 aliphatic heterocycles. The molecular formula is C26H43N4O6S+. The maximum Gasteiger partial charge on any atom is 0.408 e. The second kappa shape index (κ2) is 17.5. The molecule has 0 saturated carbocycles. The van der Waals surface area contributed by atoms with Crippen molar-refractivity contribution in [3.05, 3.63) is 35.8 Å². The van der Waals surface area contributed by atoms with Crippen molar-refractivity contribution >= 4 is 27.8 Å². The van der Waals surface area contributed by atoms with E-state index in [-0.39, 0.29) is 12.2 Å². The van der Waals surface area contributed by atoms with E-state index in [9.17, 15) is 10.2 Å². The number of aryl methyl sites for hydroxylation is 1. The second-order valence-electron chi connectivity index (χ2n) is 9.14. The van der Waals surface area contributed by atoms with Crippen molar-refractivity contribution in [3.8, 4) is 0 Å². The Kier molecular flexibility index (Phi) is 14.8. The van der Waals surface area contributed by atoms with Crippen LogP contribution in [0, 0.1) is 0 Å². The highest BCUT2D eigenvalue weighted by Gasteiger charge is 2.11. The molecule has 2 N–H and O–H groups in total. The van der Waals surface area contributed by atoms with Gasteiger partial charge in [-0.2, -0.15) is 0 Å². The SMILES string of the molecule is CC(O)COC(C)COCCN(CCOCC(C)OCC(C)O)c1ccc(N=Nc2scc[n+]2C)cc1. The Bertz CT molecular complexity index is 867. The average molecular weight is 540 g/mol. The van der Waals surface area contributed by atoms with E-state index in [1.165, 1.54) is 11.3 Å². The van der Waals surface area contributed by atoms with Gasteiger partial charge in [0.2, 0.25) is 0 Å². The Hall–Kier alpha value is -1.99. The van der Waals surface area contributed by atoms with E-state index < -0.39 is 12.2 Å². The fourth-order valence-electron chi connectivity index (χ4n) is 3.18. The quantitative estimate of drug-likeness (QED) is 0.160. The molecule has 1 heterocycles. The van der Waals surface area contributed by atoms with Gasteiger partial charge in [0.15, 0.2) is 0 Å². The Labute approximate surface area is 224 Å². The number of rotatable bonds is 19. The third-order valence-electron chi connectivity index (χ3n) is 5.19. The van der Waals surface area contributed by atoms with Gasteiger partial charge in [-0.1, -0.05) is 0 Å². The first-order chi connectivity index (χ1) is 17.7. The number of thiazole rings is 1. The lowest BCUT2D eigenvalue weighted by atomic mass is 10.2. The molecule has 1 aromatic heterocycles. The van der Waals surface area contributed by atoms with E-state index in [0.29, 0.717) is 52.7 Å². The molecule has 37 heavy (non-hydrogen) atoms. The van der Waals surface area contributed by atoms with Crippen LogP contribution in [-0.4, -0.2) is 87.4 Å². The number of aliphatic hydroxyl groups excluding tert-OH is 2. The second-order valence-corrected chi connectivity index (χ2v) is 10.0. The molecule has 0 spiro atoms. The van der Waals surface area contributed by atoms with Crippen molar-refractivity contribution in [2.24, 2.45) is 17.3 Å². The van der Waals surface area contributed by atoms with Gasteiger partial charge in [0.25, 0.3) is 0 Å². The van der Waals surface area contributed by atoms with Gasteiger partial charge in [-0.15, -0.1) is 0 Å². The minimum atomic E-state index is -0.492. The standard InChI is InChI=1S/C26H43N4O6S/c1-20(31)16-35-22(3)18-33-13-10-30(11-14-34-19-23(4)36-17-21(2)32)25-8-6-24(7-9-25)27-28-26-29(5)12-15-37-26/h6-9,12,15,20-23,31-32H,10-11,13-14,16-19H2,1-5H3/q+1. The van der Waals surface area contributed by atoms with Gasteiger partial charge in [0.1, 0.15) is 11.9 Å². The van der Waals surface area contributed by atoms with Gasteiger partial charge in [-0.05, 0) is 68.4 Å². The smallest absolute Gasteiger partial charge is 0.391 e. The number of nitrogens with zero attached hydrogens (tertiary/aromatic N) is 4. The maximum absolute atomic E-state index is 9.36. The Morgan fingerprint density at radius 3 is 1.84 bits per heavy atom. The van der Waals surface area contributed by atoms with Crippen molar-refractivity contribution in [1.29, 1.82) is 0 Å². The van der Waals surface area contributed by atoms with Crippen molar-refractivity contribution in [2.75, 3.05) is 57.6 Å². The minimum absolute atomic E-state index is 0.0932. The summed E-state index contributed by atoms with van der Waals surface area (Å²) >= 11 is 1.54. The molecule has 0 fully saturated rings. The summed E-state index contributed by atoms with van der Waals surface area (Å²) in [4.78, 5) is 2.20. The molecule has 4 atom stereocenters. The minimum Gasteiger partial charge on any atom is -0.391 e. The molecule has 0 amide bonds. The molecule has 0 aliphatic rings. The lowest BCUT2D eigenvalue weighted by Crippen LogP contribution is -2.32.